The second-order valence-electron chi connectivity index (χ2n) is 4.83. The van der Waals surface area contributed by atoms with Crippen molar-refractivity contribution >= 4 is 29.7 Å². The Morgan fingerprint density at radius 3 is 2.78 bits per heavy atom. The van der Waals surface area contributed by atoms with Crippen LogP contribution in [0, 0.1) is 6.92 Å². The fourth-order valence-electron chi connectivity index (χ4n) is 2.35. The average molecular weight is 242 g/mol. The summed E-state index contributed by atoms with van der Waals surface area (Å²) in [7, 11) is 0.727. The van der Waals surface area contributed by atoms with E-state index in [9.17, 15) is 4.79 Å². The molecule has 2 aromatic heterocycles. The van der Waals surface area contributed by atoms with Gasteiger partial charge in [0.05, 0.1) is 5.69 Å². The van der Waals surface area contributed by atoms with Crippen molar-refractivity contribution in [2.24, 2.45) is 0 Å². The fraction of sp³-hybridized carbons (Fsp3) is 0.417. The normalized spacial score (nSPS) is 15.0. The molecule has 1 aliphatic rings. The van der Waals surface area contributed by atoms with Crippen molar-refractivity contribution in [1.82, 2.24) is 14.5 Å². The van der Waals surface area contributed by atoms with Crippen LogP contribution in [0.2, 0.25) is 6.82 Å². The molecule has 6 heteroatoms. The average Bonchev–Trinajstić information content (AvgIpc) is 3.12. The van der Waals surface area contributed by atoms with E-state index in [0.29, 0.717) is 11.7 Å². The number of nitrogen functional groups attached to an aromatic ring is 1. The standard InChI is InChI=1S/C12H15BN4O/c1-6-8-5-9(13-2)11(18)17(7-3-4-7)10(8)16-12(14)15-6/h5,7,13H,3-4H2,1-2H3,(H2,14,15,16). The van der Waals surface area contributed by atoms with Crippen LogP contribution in [0.5, 0.6) is 0 Å². The van der Waals surface area contributed by atoms with Crippen LogP contribution in [0.15, 0.2) is 10.9 Å². The Balaban J connectivity index is 2.46. The van der Waals surface area contributed by atoms with Gasteiger partial charge in [0.25, 0.3) is 0 Å². The lowest BCUT2D eigenvalue weighted by Crippen LogP contribution is -2.37. The zero-order valence-corrected chi connectivity index (χ0v) is 10.6. The predicted molar refractivity (Wildman–Crippen MR) is 73.9 cm³/mol. The predicted octanol–water partition coefficient (Wildman–Crippen LogP) is 0.127. The maximum Gasteiger partial charge on any atom is 0.246 e. The van der Waals surface area contributed by atoms with Gasteiger partial charge in [0.15, 0.2) is 7.28 Å². The third-order valence-corrected chi connectivity index (χ3v) is 3.47. The number of hydrogen-bond donors (Lipinski definition) is 1. The molecule has 0 aliphatic heterocycles. The van der Waals surface area contributed by atoms with E-state index in [1.807, 2.05) is 19.8 Å². The lowest BCUT2D eigenvalue weighted by atomic mass is 9.73. The number of anilines is 1. The Bertz CT molecular complexity index is 691. The molecule has 2 aromatic rings. The lowest BCUT2D eigenvalue weighted by molar-refractivity contribution is 0.733. The molecular weight excluding hydrogens is 227 g/mol. The van der Waals surface area contributed by atoms with Crippen molar-refractivity contribution in [3.63, 3.8) is 0 Å². The summed E-state index contributed by atoms with van der Waals surface area (Å²) in [4.78, 5) is 20.8. The molecular formula is C12H15BN4O. The fourth-order valence-corrected chi connectivity index (χ4v) is 2.35. The van der Waals surface area contributed by atoms with Gasteiger partial charge in [0.1, 0.15) is 5.65 Å². The van der Waals surface area contributed by atoms with E-state index in [0.717, 1.165) is 36.7 Å². The molecule has 0 unspecified atom stereocenters. The quantitative estimate of drug-likeness (QED) is 0.759. The highest BCUT2D eigenvalue weighted by Crippen LogP contribution is 2.35. The molecule has 0 saturated heterocycles. The molecule has 2 heterocycles. The first-order valence-corrected chi connectivity index (χ1v) is 6.30. The summed E-state index contributed by atoms with van der Waals surface area (Å²) < 4.78 is 1.80. The zero-order chi connectivity index (χ0) is 12.9. The summed E-state index contributed by atoms with van der Waals surface area (Å²) in [5.41, 5.74) is 8.12. The number of fused-ring (bicyclic) bond motifs is 1. The van der Waals surface area contributed by atoms with Crippen LogP contribution in [0.3, 0.4) is 0 Å². The molecule has 0 radical (unpaired) electrons. The van der Waals surface area contributed by atoms with E-state index in [4.69, 9.17) is 5.73 Å². The van der Waals surface area contributed by atoms with Gasteiger partial charge in [-0.3, -0.25) is 9.36 Å². The van der Waals surface area contributed by atoms with Gasteiger partial charge in [-0.15, -0.1) is 0 Å². The van der Waals surface area contributed by atoms with Gasteiger partial charge in [-0.05, 0) is 25.2 Å². The van der Waals surface area contributed by atoms with Crippen molar-refractivity contribution in [1.29, 1.82) is 0 Å². The van der Waals surface area contributed by atoms with Crippen LogP contribution in [0.25, 0.3) is 11.0 Å². The number of aryl methyl sites for hydroxylation is 1. The van der Waals surface area contributed by atoms with Gasteiger partial charge in [0, 0.05) is 11.4 Å². The first-order valence-electron chi connectivity index (χ1n) is 6.30. The zero-order valence-electron chi connectivity index (χ0n) is 10.6. The highest BCUT2D eigenvalue weighted by atomic mass is 16.1. The molecule has 0 atom stereocenters. The Hall–Kier alpha value is -1.85. The van der Waals surface area contributed by atoms with E-state index in [2.05, 4.69) is 9.97 Å². The monoisotopic (exact) mass is 242 g/mol. The van der Waals surface area contributed by atoms with Crippen LogP contribution in [-0.4, -0.2) is 21.8 Å². The Kier molecular flexibility index (Phi) is 2.40. The van der Waals surface area contributed by atoms with Crippen LogP contribution < -0.4 is 16.8 Å². The smallest absolute Gasteiger partial charge is 0.246 e. The molecule has 0 amide bonds. The minimum atomic E-state index is 0.0741. The lowest BCUT2D eigenvalue weighted by Gasteiger charge is -2.12. The Labute approximate surface area is 105 Å². The van der Waals surface area contributed by atoms with Gasteiger partial charge >= 0.3 is 0 Å². The number of nitrogens with zero attached hydrogens (tertiary/aromatic N) is 3. The number of hydrogen-bond acceptors (Lipinski definition) is 4. The minimum absolute atomic E-state index is 0.0741. The Morgan fingerprint density at radius 1 is 1.44 bits per heavy atom. The van der Waals surface area contributed by atoms with E-state index in [-0.39, 0.29) is 11.5 Å². The largest absolute Gasteiger partial charge is 0.368 e. The molecule has 0 spiro atoms. The molecule has 0 aromatic carbocycles. The van der Waals surface area contributed by atoms with E-state index >= 15 is 0 Å². The van der Waals surface area contributed by atoms with Gasteiger partial charge in [-0.1, -0.05) is 12.9 Å². The van der Waals surface area contributed by atoms with Crippen LogP contribution in [0.4, 0.5) is 5.95 Å². The molecule has 18 heavy (non-hydrogen) atoms. The molecule has 3 rings (SSSR count). The van der Waals surface area contributed by atoms with Gasteiger partial charge in [0.2, 0.25) is 11.5 Å². The van der Waals surface area contributed by atoms with Crippen molar-refractivity contribution in [3.8, 4) is 0 Å². The molecule has 1 saturated carbocycles. The number of aromatic nitrogens is 3. The topological polar surface area (TPSA) is 73.8 Å². The second-order valence-corrected chi connectivity index (χ2v) is 4.83. The minimum Gasteiger partial charge on any atom is -0.368 e. The summed E-state index contributed by atoms with van der Waals surface area (Å²) in [5, 5.41) is 0.938. The molecule has 2 N–H and O–H groups in total. The van der Waals surface area contributed by atoms with E-state index in [1.165, 1.54) is 0 Å². The van der Waals surface area contributed by atoms with Gasteiger partial charge in [-0.2, -0.15) is 4.98 Å². The van der Waals surface area contributed by atoms with Gasteiger partial charge < -0.3 is 5.73 Å². The number of pyridine rings is 1. The summed E-state index contributed by atoms with van der Waals surface area (Å²) in [6.07, 6.45) is 2.09. The number of nitrogens with two attached hydrogens (primary N) is 1. The summed E-state index contributed by atoms with van der Waals surface area (Å²) >= 11 is 0. The second kappa shape index (κ2) is 3.83. The first kappa shape index (κ1) is 11.3. The highest BCUT2D eigenvalue weighted by molar-refractivity contribution is 6.52. The van der Waals surface area contributed by atoms with Crippen LogP contribution in [0.1, 0.15) is 24.6 Å². The van der Waals surface area contributed by atoms with Crippen molar-refractivity contribution in [2.45, 2.75) is 32.6 Å². The third kappa shape index (κ3) is 1.60. The maximum absolute atomic E-state index is 12.4. The molecule has 5 nitrogen and oxygen atoms in total. The first-order chi connectivity index (χ1) is 8.61. The summed E-state index contributed by atoms with van der Waals surface area (Å²) in [5.74, 6) is 0.234. The van der Waals surface area contributed by atoms with E-state index in [1.54, 1.807) is 4.57 Å². The molecule has 1 fully saturated rings. The molecule has 1 aliphatic carbocycles. The van der Waals surface area contributed by atoms with Crippen LogP contribution >= 0.6 is 0 Å². The van der Waals surface area contributed by atoms with Gasteiger partial charge in [-0.25, -0.2) is 4.98 Å². The van der Waals surface area contributed by atoms with Crippen molar-refractivity contribution in [2.75, 3.05) is 5.73 Å². The third-order valence-electron chi connectivity index (χ3n) is 3.47. The number of rotatable bonds is 2. The SMILES string of the molecule is CBc1cc2c(C)nc(N)nc2n(C2CC2)c1=O. The van der Waals surface area contributed by atoms with Crippen molar-refractivity contribution in [3.05, 3.63) is 22.1 Å². The van der Waals surface area contributed by atoms with Crippen LogP contribution in [-0.2, 0) is 0 Å². The van der Waals surface area contributed by atoms with E-state index < -0.39 is 0 Å². The Morgan fingerprint density at radius 2 is 2.17 bits per heavy atom. The summed E-state index contributed by atoms with van der Waals surface area (Å²) in [6.45, 7) is 3.90. The maximum atomic E-state index is 12.4. The highest BCUT2D eigenvalue weighted by Gasteiger charge is 2.28. The molecule has 0 bridgehead atoms. The summed E-state index contributed by atoms with van der Waals surface area (Å²) in [6, 6.07) is 2.20. The molecule has 92 valence electrons. The van der Waals surface area contributed by atoms with Crippen molar-refractivity contribution < 1.29 is 0 Å².